The highest BCUT2D eigenvalue weighted by Crippen LogP contribution is 2.19. The lowest BCUT2D eigenvalue weighted by atomic mass is 10.2. The number of aliphatic imine (C=N–C) groups is 1. The lowest BCUT2D eigenvalue weighted by Gasteiger charge is -2.10. The summed E-state index contributed by atoms with van der Waals surface area (Å²) in [5.74, 6) is -0.786. The number of ether oxygens (including phenoxy) is 2. The van der Waals surface area contributed by atoms with Crippen LogP contribution in [0.1, 0.15) is 12.0 Å². The Bertz CT molecular complexity index is 1530. The zero-order valence-corrected chi connectivity index (χ0v) is 19.4. The first kappa shape index (κ1) is 24.5. The number of halogens is 1. The minimum atomic E-state index is -1.11. The normalized spacial score (nSPS) is 15.2. The van der Waals surface area contributed by atoms with Gasteiger partial charge in [-0.3, -0.25) is 9.55 Å². The highest BCUT2D eigenvalue weighted by molar-refractivity contribution is 6.30. The molecule has 36 heavy (non-hydrogen) atoms. The molecule has 2 heterocycles. The van der Waals surface area contributed by atoms with Crippen molar-refractivity contribution in [2.24, 2.45) is 9.98 Å². The second-order valence-electron chi connectivity index (χ2n) is 7.58. The lowest BCUT2D eigenvalue weighted by Crippen LogP contribution is -2.50. The van der Waals surface area contributed by atoms with E-state index >= 15 is 0 Å². The van der Waals surface area contributed by atoms with Gasteiger partial charge in [-0.25, -0.2) is 23.9 Å². The van der Waals surface area contributed by atoms with E-state index in [1.165, 1.54) is 4.57 Å². The molecule has 0 spiro atoms. The number of hydrogen-bond acceptors (Lipinski definition) is 8. The monoisotopic (exact) mass is 510 g/mol. The lowest BCUT2D eigenvalue weighted by molar-refractivity contribution is -0.138. The first-order chi connectivity index (χ1) is 17.3. The zero-order chi connectivity index (χ0) is 25.7. The van der Waals surface area contributed by atoms with Gasteiger partial charge in [0.15, 0.2) is 6.04 Å². The van der Waals surface area contributed by atoms with Crippen LogP contribution in [0.25, 0.3) is 0 Å². The Morgan fingerprint density at radius 3 is 2.58 bits per heavy atom. The van der Waals surface area contributed by atoms with Gasteiger partial charge in [0.25, 0.3) is 0 Å². The average molecular weight is 511 g/mol. The van der Waals surface area contributed by atoms with E-state index in [4.69, 9.17) is 31.4 Å². The van der Waals surface area contributed by atoms with Crippen molar-refractivity contribution in [2.75, 3.05) is 6.61 Å². The second-order valence-corrected chi connectivity index (χ2v) is 8.01. The number of nitrogens with one attached hydrogen (secondary N) is 1. The molecule has 1 aromatic heterocycles. The van der Waals surface area contributed by atoms with Gasteiger partial charge in [-0.05, 0) is 42.0 Å². The fourth-order valence-corrected chi connectivity index (χ4v) is 3.39. The number of nitriles is 1. The van der Waals surface area contributed by atoms with Crippen molar-refractivity contribution in [1.29, 1.82) is 5.26 Å². The van der Waals surface area contributed by atoms with Gasteiger partial charge < -0.3 is 14.6 Å². The molecule has 1 aliphatic heterocycles. The predicted molar refractivity (Wildman–Crippen MR) is 127 cm³/mol. The van der Waals surface area contributed by atoms with E-state index in [-0.39, 0.29) is 37.8 Å². The van der Waals surface area contributed by atoms with Crippen molar-refractivity contribution in [1.82, 2.24) is 14.1 Å². The van der Waals surface area contributed by atoms with Crippen LogP contribution in [0, 0.1) is 11.3 Å². The molecule has 13 heteroatoms. The van der Waals surface area contributed by atoms with Gasteiger partial charge in [0.1, 0.15) is 12.4 Å². The van der Waals surface area contributed by atoms with Crippen LogP contribution in [0.5, 0.6) is 5.75 Å². The van der Waals surface area contributed by atoms with E-state index in [2.05, 4.69) is 15.0 Å². The smallest absolute Gasteiger partial charge is 0.390 e. The summed E-state index contributed by atoms with van der Waals surface area (Å²) in [6, 6.07) is 14.0. The number of carboxylic acid groups (broad SMARTS) is 1. The molecule has 0 aliphatic carbocycles. The molecule has 0 saturated carbocycles. The van der Waals surface area contributed by atoms with Crippen molar-refractivity contribution in [3.05, 3.63) is 85.7 Å². The maximum atomic E-state index is 13.1. The summed E-state index contributed by atoms with van der Waals surface area (Å²) < 4.78 is 12.8. The van der Waals surface area contributed by atoms with Crippen molar-refractivity contribution in [2.45, 2.75) is 25.6 Å². The molecular formula is C23H19ClN6O6. The molecule has 0 bridgehead atoms. The van der Waals surface area contributed by atoms with Crippen LogP contribution >= 0.6 is 11.6 Å². The molecule has 2 N–H and O–H groups in total. The molecule has 4 rings (SSSR count). The van der Waals surface area contributed by atoms with Crippen molar-refractivity contribution in [3.8, 4) is 11.8 Å². The molecule has 184 valence electrons. The van der Waals surface area contributed by atoms with Crippen LogP contribution in [0.15, 0.2) is 68.1 Å². The molecule has 0 fully saturated rings. The topological polar surface area (TPSA) is 164 Å². The summed E-state index contributed by atoms with van der Waals surface area (Å²) in [7, 11) is 0. The Morgan fingerprint density at radius 1 is 1.22 bits per heavy atom. The predicted octanol–water partition coefficient (Wildman–Crippen LogP) is 1.40. The van der Waals surface area contributed by atoms with Crippen LogP contribution in [0.2, 0.25) is 5.02 Å². The van der Waals surface area contributed by atoms with E-state index in [9.17, 15) is 14.4 Å². The highest BCUT2D eigenvalue weighted by Gasteiger charge is 2.26. The maximum Gasteiger partial charge on any atom is 0.390 e. The number of aromatic amines is 1. The summed E-state index contributed by atoms with van der Waals surface area (Å²) in [6.07, 6.45) is -0.164. The van der Waals surface area contributed by atoms with Gasteiger partial charge in [-0.1, -0.05) is 23.7 Å². The molecule has 1 aliphatic rings. The molecule has 2 aromatic carbocycles. The summed E-state index contributed by atoms with van der Waals surface area (Å²) in [5, 5.41) is 18.4. The van der Waals surface area contributed by atoms with Gasteiger partial charge >= 0.3 is 23.4 Å². The standard InChI is InChI=1S/C23H19ClN6O6/c24-15-4-2-14(3-5-15)12-30-20(28-21(33)29(23(30)34)11-1-10-25)26-16-6-8-17(9-7-16)36-22-27-18(13-35-22)19(31)32/h2-9,18H,1,11-13H2,(H,31,32)(H,26,28,33). The zero-order valence-electron chi connectivity index (χ0n) is 18.6. The SMILES string of the molecule is N#CCCn1c(=O)[nH]/c(=N\c2ccc(OC3=NC(C(=O)O)CO3)cc2)n(Cc2ccc(Cl)cc2)c1=O. The Hall–Kier alpha value is -4.63. The van der Waals surface area contributed by atoms with Crippen molar-refractivity contribution < 1.29 is 19.4 Å². The van der Waals surface area contributed by atoms with Crippen LogP contribution < -0.4 is 21.7 Å². The van der Waals surface area contributed by atoms with Crippen LogP contribution in [0.4, 0.5) is 5.69 Å². The summed E-state index contributed by atoms with van der Waals surface area (Å²) in [5.41, 5.74) is -0.153. The third kappa shape index (κ3) is 5.70. The third-order valence-corrected chi connectivity index (χ3v) is 5.32. The van der Waals surface area contributed by atoms with Gasteiger partial charge in [0.2, 0.25) is 5.62 Å². The van der Waals surface area contributed by atoms with Crippen molar-refractivity contribution >= 4 is 29.3 Å². The van der Waals surface area contributed by atoms with E-state index < -0.39 is 23.4 Å². The molecule has 0 saturated heterocycles. The number of carbonyl (C=O) groups is 1. The third-order valence-electron chi connectivity index (χ3n) is 5.07. The maximum absolute atomic E-state index is 13.1. The summed E-state index contributed by atoms with van der Waals surface area (Å²) in [4.78, 5) is 47.5. The Labute approximate surface area is 208 Å². The molecule has 1 unspecified atom stereocenters. The molecule has 1 atom stereocenters. The Morgan fingerprint density at radius 2 is 1.94 bits per heavy atom. The molecule has 3 aromatic rings. The van der Waals surface area contributed by atoms with Crippen molar-refractivity contribution in [3.63, 3.8) is 0 Å². The number of hydrogen-bond donors (Lipinski definition) is 2. The van der Waals surface area contributed by atoms with Gasteiger partial charge in [0.05, 0.1) is 24.7 Å². The molecule has 0 amide bonds. The van der Waals surface area contributed by atoms with Gasteiger partial charge in [0, 0.05) is 11.6 Å². The van der Waals surface area contributed by atoms with Crippen LogP contribution in [0.3, 0.4) is 0 Å². The van der Waals surface area contributed by atoms with E-state index in [1.807, 2.05) is 6.07 Å². The Kier molecular flexibility index (Phi) is 7.31. The van der Waals surface area contributed by atoms with Gasteiger partial charge in [-0.2, -0.15) is 10.3 Å². The summed E-state index contributed by atoms with van der Waals surface area (Å²) in [6.45, 7) is -0.0769. The van der Waals surface area contributed by atoms with E-state index in [0.717, 1.165) is 10.1 Å². The first-order valence-corrected chi connectivity index (χ1v) is 11.0. The number of aromatic nitrogens is 3. The fraction of sp³-hybridized carbons (Fsp3) is 0.217. The number of aliphatic carboxylic acids is 1. The van der Waals surface area contributed by atoms with Crippen LogP contribution in [-0.2, 0) is 22.6 Å². The first-order valence-electron chi connectivity index (χ1n) is 10.7. The Balaban J connectivity index is 1.67. The molecule has 0 radical (unpaired) electrons. The summed E-state index contributed by atoms with van der Waals surface area (Å²) >= 11 is 5.95. The number of carboxylic acids is 1. The van der Waals surface area contributed by atoms with Crippen LogP contribution in [-0.4, -0.2) is 43.9 Å². The van der Waals surface area contributed by atoms with E-state index in [0.29, 0.717) is 16.5 Å². The second kappa shape index (κ2) is 10.7. The minimum absolute atomic E-state index is 0.00891. The van der Waals surface area contributed by atoms with E-state index in [1.54, 1.807) is 48.5 Å². The minimum Gasteiger partial charge on any atom is -0.480 e. The average Bonchev–Trinajstić information content (AvgIpc) is 3.33. The number of H-pyrrole nitrogens is 1. The number of rotatable bonds is 7. The number of nitrogens with zero attached hydrogens (tertiary/aromatic N) is 5. The van der Waals surface area contributed by atoms with Gasteiger partial charge in [-0.15, -0.1) is 0 Å². The molecule has 12 nitrogen and oxygen atoms in total. The largest absolute Gasteiger partial charge is 0.480 e. The fourth-order valence-electron chi connectivity index (χ4n) is 3.26. The number of benzene rings is 2. The molecular weight excluding hydrogens is 492 g/mol. The quantitative estimate of drug-likeness (QED) is 0.485. The highest BCUT2D eigenvalue weighted by atomic mass is 35.5.